The second-order valence-corrected chi connectivity index (χ2v) is 5.15. The standard InChI is InChI=1S/C18H17NO2/c20-18(21)7-4-11-19-12-10-16-13-15(8-9-17(16)19)14-5-2-1-3-6-14/h1-3,5-6,8-10,12-13H,4,7,11H2,(H,20,21). The summed E-state index contributed by atoms with van der Waals surface area (Å²) in [4.78, 5) is 10.6. The van der Waals surface area contributed by atoms with E-state index in [1.54, 1.807) is 0 Å². The molecule has 3 heteroatoms. The molecule has 0 radical (unpaired) electrons. The van der Waals surface area contributed by atoms with Gasteiger partial charge in [0.2, 0.25) is 0 Å². The van der Waals surface area contributed by atoms with Crippen LogP contribution in [0.1, 0.15) is 12.8 Å². The van der Waals surface area contributed by atoms with E-state index in [1.165, 1.54) is 16.5 Å². The monoisotopic (exact) mass is 279 g/mol. The first kappa shape index (κ1) is 13.4. The second-order valence-electron chi connectivity index (χ2n) is 5.15. The lowest BCUT2D eigenvalue weighted by molar-refractivity contribution is -0.137. The van der Waals surface area contributed by atoms with E-state index < -0.39 is 5.97 Å². The zero-order valence-electron chi connectivity index (χ0n) is 11.7. The highest BCUT2D eigenvalue weighted by molar-refractivity contribution is 5.85. The summed E-state index contributed by atoms with van der Waals surface area (Å²) in [7, 11) is 0. The smallest absolute Gasteiger partial charge is 0.303 e. The van der Waals surface area contributed by atoms with Crippen LogP contribution in [0.5, 0.6) is 0 Å². The quantitative estimate of drug-likeness (QED) is 0.761. The molecule has 106 valence electrons. The number of carboxylic acid groups (broad SMARTS) is 1. The maximum absolute atomic E-state index is 10.6. The van der Waals surface area contributed by atoms with Crippen molar-refractivity contribution < 1.29 is 9.90 Å². The fourth-order valence-corrected chi connectivity index (χ4v) is 2.61. The van der Waals surface area contributed by atoms with Gasteiger partial charge in [-0.15, -0.1) is 0 Å². The molecule has 0 amide bonds. The Labute approximate surface area is 123 Å². The molecule has 21 heavy (non-hydrogen) atoms. The minimum atomic E-state index is -0.738. The average Bonchev–Trinajstić information content (AvgIpc) is 2.90. The Hall–Kier alpha value is -2.55. The summed E-state index contributed by atoms with van der Waals surface area (Å²) in [6, 6.07) is 18.8. The fraction of sp³-hybridized carbons (Fsp3) is 0.167. The van der Waals surface area contributed by atoms with E-state index >= 15 is 0 Å². The molecule has 0 fully saturated rings. The van der Waals surface area contributed by atoms with E-state index in [1.807, 2.05) is 24.4 Å². The van der Waals surface area contributed by atoms with Crippen LogP contribution in [0.3, 0.4) is 0 Å². The molecule has 0 saturated carbocycles. The number of hydrogen-bond donors (Lipinski definition) is 1. The molecule has 0 saturated heterocycles. The number of aliphatic carboxylic acids is 1. The van der Waals surface area contributed by atoms with Crippen LogP contribution in [0.2, 0.25) is 0 Å². The van der Waals surface area contributed by atoms with Gasteiger partial charge in [0.05, 0.1) is 0 Å². The van der Waals surface area contributed by atoms with Crippen molar-refractivity contribution in [3.63, 3.8) is 0 Å². The minimum absolute atomic E-state index is 0.210. The lowest BCUT2D eigenvalue weighted by Gasteiger charge is -2.06. The van der Waals surface area contributed by atoms with Crippen molar-refractivity contribution in [3.05, 3.63) is 60.8 Å². The van der Waals surface area contributed by atoms with Crippen molar-refractivity contribution in [2.75, 3.05) is 0 Å². The van der Waals surface area contributed by atoms with Crippen LogP contribution in [0.25, 0.3) is 22.0 Å². The third-order valence-corrected chi connectivity index (χ3v) is 3.67. The summed E-state index contributed by atoms with van der Waals surface area (Å²) in [5, 5.41) is 9.90. The first-order valence-corrected chi connectivity index (χ1v) is 7.10. The lowest BCUT2D eigenvalue weighted by atomic mass is 10.0. The Morgan fingerprint density at radius 2 is 1.81 bits per heavy atom. The lowest BCUT2D eigenvalue weighted by Crippen LogP contribution is -2.00. The molecule has 1 aromatic heterocycles. The zero-order chi connectivity index (χ0) is 14.7. The molecule has 3 rings (SSSR count). The van der Waals surface area contributed by atoms with Crippen LogP contribution in [0.4, 0.5) is 0 Å². The van der Waals surface area contributed by atoms with Crippen molar-refractivity contribution in [3.8, 4) is 11.1 Å². The number of aromatic nitrogens is 1. The molecule has 0 bridgehead atoms. The molecule has 1 heterocycles. The predicted octanol–water partition coefficient (Wildman–Crippen LogP) is 4.17. The molecule has 0 aliphatic carbocycles. The molecule has 0 spiro atoms. The van der Waals surface area contributed by atoms with Crippen molar-refractivity contribution >= 4 is 16.9 Å². The largest absolute Gasteiger partial charge is 0.481 e. The van der Waals surface area contributed by atoms with Crippen LogP contribution < -0.4 is 0 Å². The van der Waals surface area contributed by atoms with Gasteiger partial charge in [0, 0.05) is 30.1 Å². The second kappa shape index (κ2) is 5.83. The maximum atomic E-state index is 10.6. The summed E-state index contributed by atoms with van der Waals surface area (Å²) in [5.74, 6) is -0.738. The summed E-state index contributed by atoms with van der Waals surface area (Å²) in [6.07, 6.45) is 2.89. The third-order valence-electron chi connectivity index (χ3n) is 3.67. The summed E-state index contributed by atoms with van der Waals surface area (Å²) in [6.45, 7) is 0.737. The Bertz CT molecular complexity index is 759. The number of benzene rings is 2. The van der Waals surface area contributed by atoms with E-state index in [0.717, 1.165) is 12.1 Å². The summed E-state index contributed by atoms with van der Waals surface area (Å²) >= 11 is 0. The van der Waals surface area contributed by atoms with Gasteiger partial charge in [0.25, 0.3) is 0 Å². The van der Waals surface area contributed by atoms with Gasteiger partial charge in [-0.25, -0.2) is 0 Å². The molecular formula is C18H17NO2. The third kappa shape index (κ3) is 2.97. The number of hydrogen-bond acceptors (Lipinski definition) is 1. The number of aryl methyl sites for hydroxylation is 1. The van der Waals surface area contributed by atoms with E-state index in [2.05, 4.69) is 41.0 Å². The van der Waals surface area contributed by atoms with Gasteiger partial charge in [-0.1, -0.05) is 36.4 Å². The first-order chi connectivity index (χ1) is 10.2. The summed E-state index contributed by atoms with van der Waals surface area (Å²) in [5.41, 5.74) is 3.56. The number of nitrogens with zero attached hydrogens (tertiary/aromatic N) is 1. The van der Waals surface area contributed by atoms with Gasteiger partial charge in [0.1, 0.15) is 0 Å². The van der Waals surface area contributed by atoms with Crippen LogP contribution in [0.15, 0.2) is 60.8 Å². The maximum Gasteiger partial charge on any atom is 0.303 e. The molecule has 0 unspecified atom stereocenters. The Morgan fingerprint density at radius 3 is 2.57 bits per heavy atom. The van der Waals surface area contributed by atoms with Gasteiger partial charge in [-0.05, 0) is 35.7 Å². The minimum Gasteiger partial charge on any atom is -0.481 e. The number of fused-ring (bicyclic) bond motifs is 1. The Kier molecular flexibility index (Phi) is 3.73. The summed E-state index contributed by atoms with van der Waals surface area (Å²) < 4.78 is 2.12. The van der Waals surface area contributed by atoms with Gasteiger partial charge in [-0.2, -0.15) is 0 Å². The molecule has 3 nitrogen and oxygen atoms in total. The van der Waals surface area contributed by atoms with Crippen LogP contribution in [-0.4, -0.2) is 15.6 Å². The van der Waals surface area contributed by atoms with E-state index in [0.29, 0.717) is 6.42 Å². The van der Waals surface area contributed by atoms with Gasteiger partial charge >= 0.3 is 5.97 Å². The zero-order valence-corrected chi connectivity index (χ0v) is 11.7. The highest BCUT2D eigenvalue weighted by Crippen LogP contribution is 2.25. The first-order valence-electron chi connectivity index (χ1n) is 7.10. The number of carboxylic acids is 1. The molecule has 0 atom stereocenters. The Morgan fingerprint density at radius 1 is 1.00 bits per heavy atom. The van der Waals surface area contributed by atoms with Crippen molar-refractivity contribution in [2.45, 2.75) is 19.4 Å². The molecule has 0 aliphatic rings. The number of carbonyl (C=O) groups is 1. The average molecular weight is 279 g/mol. The van der Waals surface area contributed by atoms with E-state index in [-0.39, 0.29) is 6.42 Å². The fourth-order valence-electron chi connectivity index (χ4n) is 2.61. The molecule has 0 aliphatic heterocycles. The van der Waals surface area contributed by atoms with Crippen LogP contribution in [-0.2, 0) is 11.3 Å². The van der Waals surface area contributed by atoms with Crippen molar-refractivity contribution in [2.24, 2.45) is 0 Å². The highest BCUT2D eigenvalue weighted by atomic mass is 16.4. The van der Waals surface area contributed by atoms with Gasteiger partial charge in [-0.3, -0.25) is 4.79 Å². The Balaban J connectivity index is 1.86. The molecule has 3 aromatic rings. The molecular weight excluding hydrogens is 262 g/mol. The van der Waals surface area contributed by atoms with E-state index in [9.17, 15) is 4.79 Å². The van der Waals surface area contributed by atoms with Crippen LogP contribution in [0, 0.1) is 0 Å². The molecule has 1 N–H and O–H groups in total. The SMILES string of the molecule is O=C(O)CCCn1ccc2cc(-c3ccccc3)ccc21. The molecule has 2 aromatic carbocycles. The van der Waals surface area contributed by atoms with Crippen LogP contribution >= 0.6 is 0 Å². The van der Waals surface area contributed by atoms with Crippen molar-refractivity contribution in [1.29, 1.82) is 0 Å². The van der Waals surface area contributed by atoms with E-state index in [4.69, 9.17) is 5.11 Å². The topological polar surface area (TPSA) is 42.2 Å². The van der Waals surface area contributed by atoms with Crippen molar-refractivity contribution in [1.82, 2.24) is 4.57 Å². The predicted molar refractivity (Wildman–Crippen MR) is 84.2 cm³/mol. The van der Waals surface area contributed by atoms with Gasteiger partial charge in [0.15, 0.2) is 0 Å². The normalized spacial score (nSPS) is 10.9. The van der Waals surface area contributed by atoms with Gasteiger partial charge < -0.3 is 9.67 Å². The number of rotatable bonds is 5. The highest BCUT2D eigenvalue weighted by Gasteiger charge is 2.04.